The van der Waals surface area contributed by atoms with Gasteiger partial charge in [0.2, 0.25) is 0 Å². The van der Waals surface area contributed by atoms with Gasteiger partial charge in [0.1, 0.15) is 17.7 Å². The van der Waals surface area contributed by atoms with Gasteiger partial charge in [-0.1, -0.05) is 6.08 Å². The Kier molecular flexibility index (Phi) is 6.26. The molecular formula is C18H18N2O6. The van der Waals surface area contributed by atoms with E-state index in [1.54, 1.807) is 51.5 Å². The monoisotopic (exact) mass is 358 g/mol. The summed E-state index contributed by atoms with van der Waals surface area (Å²) in [6.07, 6.45) is 4.36. The first-order valence-corrected chi connectivity index (χ1v) is 7.71. The highest BCUT2D eigenvalue weighted by molar-refractivity contribution is 5.94. The van der Waals surface area contributed by atoms with Crippen molar-refractivity contribution in [2.45, 2.75) is 6.92 Å². The fraction of sp³-hybridized carbons (Fsp3) is 0.222. The molecular weight excluding hydrogens is 340 g/mol. The summed E-state index contributed by atoms with van der Waals surface area (Å²) in [6.45, 7) is 1.80. The van der Waals surface area contributed by atoms with E-state index in [0.29, 0.717) is 11.5 Å². The number of carbonyl (C=O) groups is 1. The summed E-state index contributed by atoms with van der Waals surface area (Å²) in [7, 11) is 3.08. The van der Waals surface area contributed by atoms with Crippen LogP contribution in [0.2, 0.25) is 0 Å². The van der Waals surface area contributed by atoms with Crippen LogP contribution in [0.5, 0.6) is 11.5 Å². The molecule has 136 valence electrons. The minimum absolute atomic E-state index is 0.0205. The summed E-state index contributed by atoms with van der Waals surface area (Å²) in [4.78, 5) is 26.4. The normalized spacial score (nSPS) is 10.6. The molecule has 2 rings (SSSR count). The predicted molar refractivity (Wildman–Crippen MR) is 95.3 cm³/mol. The van der Waals surface area contributed by atoms with Crippen molar-refractivity contribution in [3.05, 3.63) is 57.4 Å². The molecule has 0 unspecified atom stereocenters. The third-order valence-electron chi connectivity index (χ3n) is 3.42. The molecule has 0 aliphatic carbocycles. The Labute approximate surface area is 150 Å². The van der Waals surface area contributed by atoms with Gasteiger partial charge in [-0.25, -0.2) is 9.78 Å². The van der Waals surface area contributed by atoms with E-state index in [-0.39, 0.29) is 23.6 Å². The van der Waals surface area contributed by atoms with Crippen LogP contribution in [0, 0.1) is 10.1 Å². The Morgan fingerprint density at radius 1 is 1.15 bits per heavy atom. The third-order valence-corrected chi connectivity index (χ3v) is 3.42. The van der Waals surface area contributed by atoms with Crippen LogP contribution >= 0.6 is 0 Å². The van der Waals surface area contributed by atoms with Gasteiger partial charge in [-0.15, -0.1) is 0 Å². The number of hydrogen-bond donors (Lipinski definition) is 0. The van der Waals surface area contributed by atoms with Crippen molar-refractivity contribution in [1.29, 1.82) is 0 Å². The zero-order chi connectivity index (χ0) is 19.1. The second-order valence-electron chi connectivity index (χ2n) is 5.08. The SMILES string of the molecule is CCOC(=O)c1cc([N+](=O)[O-])cnc1/C=C/c1cc(OC)cc(OC)c1. The van der Waals surface area contributed by atoms with Gasteiger partial charge >= 0.3 is 5.97 Å². The van der Waals surface area contributed by atoms with Crippen LogP contribution in [-0.4, -0.2) is 36.7 Å². The Hall–Kier alpha value is -3.42. The van der Waals surface area contributed by atoms with E-state index >= 15 is 0 Å². The number of hydrogen-bond acceptors (Lipinski definition) is 7. The van der Waals surface area contributed by atoms with Gasteiger partial charge in [-0.2, -0.15) is 0 Å². The van der Waals surface area contributed by atoms with Crippen LogP contribution in [0.15, 0.2) is 30.5 Å². The molecule has 0 bridgehead atoms. The first-order chi connectivity index (χ1) is 12.5. The zero-order valence-electron chi connectivity index (χ0n) is 14.6. The minimum atomic E-state index is -0.674. The molecule has 26 heavy (non-hydrogen) atoms. The fourth-order valence-electron chi connectivity index (χ4n) is 2.17. The van der Waals surface area contributed by atoms with Gasteiger partial charge in [0.15, 0.2) is 0 Å². The number of benzene rings is 1. The Bertz CT molecular complexity index is 825. The van der Waals surface area contributed by atoms with E-state index in [9.17, 15) is 14.9 Å². The van der Waals surface area contributed by atoms with Gasteiger partial charge < -0.3 is 14.2 Å². The number of carbonyl (C=O) groups excluding carboxylic acids is 1. The summed E-state index contributed by atoms with van der Waals surface area (Å²) >= 11 is 0. The smallest absolute Gasteiger partial charge is 0.340 e. The molecule has 0 N–H and O–H groups in total. The van der Waals surface area contributed by atoms with Crippen LogP contribution in [0.4, 0.5) is 5.69 Å². The van der Waals surface area contributed by atoms with Crippen molar-refractivity contribution in [1.82, 2.24) is 4.98 Å². The third kappa shape index (κ3) is 4.56. The number of ether oxygens (including phenoxy) is 3. The summed E-state index contributed by atoms with van der Waals surface area (Å²) in [6, 6.07) is 6.42. The molecule has 0 atom stereocenters. The summed E-state index contributed by atoms with van der Waals surface area (Å²) in [5, 5.41) is 10.9. The first kappa shape index (κ1) is 18.9. The lowest BCUT2D eigenvalue weighted by molar-refractivity contribution is -0.385. The van der Waals surface area contributed by atoms with Crippen molar-refractivity contribution in [3.63, 3.8) is 0 Å². The quantitative estimate of drug-likeness (QED) is 0.425. The van der Waals surface area contributed by atoms with Crippen molar-refractivity contribution in [2.24, 2.45) is 0 Å². The summed E-state index contributed by atoms with van der Waals surface area (Å²) in [5.74, 6) is 0.532. The van der Waals surface area contributed by atoms with Crippen molar-refractivity contribution < 1.29 is 23.9 Å². The van der Waals surface area contributed by atoms with Gasteiger partial charge in [-0.3, -0.25) is 10.1 Å². The van der Waals surface area contributed by atoms with Gasteiger partial charge in [-0.05, 0) is 30.7 Å². The number of aromatic nitrogens is 1. The van der Waals surface area contributed by atoms with E-state index in [1.165, 1.54) is 0 Å². The topological polar surface area (TPSA) is 101 Å². The lowest BCUT2D eigenvalue weighted by atomic mass is 10.1. The molecule has 0 fully saturated rings. The highest BCUT2D eigenvalue weighted by atomic mass is 16.6. The molecule has 0 spiro atoms. The maximum atomic E-state index is 12.1. The predicted octanol–water partition coefficient (Wildman–Crippen LogP) is 3.35. The number of pyridine rings is 1. The number of nitro groups is 1. The number of rotatable bonds is 7. The molecule has 8 heteroatoms. The highest BCUT2D eigenvalue weighted by Crippen LogP contribution is 2.24. The molecule has 0 amide bonds. The summed E-state index contributed by atoms with van der Waals surface area (Å²) in [5.41, 5.74) is 0.743. The maximum absolute atomic E-state index is 12.1. The van der Waals surface area contributed by atoms with E-state index in [1.807, 2.05) is 0 Å². The standard InChI is InChI=1S/C18H18N2O6/c1-4-26-18(21)16-9-13(20(22)23)11-19-17(16)6-5-12-7-14(24-2)10-15(8-12)25-3/h5-11H,4H2,1-3H3/b6-5+. The Morgan fingerprint density at radius 3 is 2.35 bits per heavy atom. The van der Waals surface area contributed by atoms with E-state index in [4.69, 9.17) is 14.2 Å². The molecule has 0 radical (unpaired) electrons. The second-order valence-corrected chi connectivity index (χ2v) is 5.08. The molecule has 2 aromatic rings. The molecule has 0 saturated carbocycles. The first-order valence-electron chi connectivity index (χ1n) is 7.71. The number of nitrogens with zero attached hydrogens (tertiary/aromatic N) is 2. The van der Waals surface area contributed by atoms with Crippen LogP contribution in [0.3, 0.4) is 0 Å². The molecule has 1 heterocycles. The zero-order valence-corrected chi connectivity index (χ0v) is 14.6. The highest BCUT2D eigenvalue weighted by Gasteiger charge is 2.17. The van der Waals surface area contributed by atoms with Gasteiger partial charge in [0.25, 0.3) is 5.69 Å². The maximum Gasteiger partial charge on any atom is 0.340 e. The minimum Gasteiger partial charge on any atom is -0.497 e. The van der Waals surface area contributed by atoms with Crippen molar-refractivity contribution in [3.8, 4) is 11.5 Å². The van der Waals surface area contributed by atoms with Crippen LogP contribution in [0.25, 0.3) is 12.2 Å². The second kappa shape index (κ2) is 8.61. The van der Waals surface area contributed by atoms with Gasteiger partial charge in [0, 0.05) is 12.1 Å². The molecule has 8 nitrogen and oxygen atoms in total. The Morgan fingerprint density at radius 2 is 1.81 bits per heavy atom. The fourth-order valence-corrected chi connectivity index (χ4v) is 2.17. The van der Waals surface area contributed by atoms with Crippen LogP contribution < -0.4 is 9.47 Å². The summed E-state index contributed by atoms with van der Waals surface area (Å²) < 4.78 is 15.4. The average Bonchev–Trinajstić information content (AvgIpc) is 2.65. The lowest BCUT2D eigenvalue weighted by Gasteiger charge is -2.07. The molecule has 0 aliphatic heterocycles. The largest absolute Gasteiger partial charge is 0.497 e. The molecule has 0 aliphatic rings. The van der Waals surface area contributed by atoms with Crippen LogP contribution in [-0.2, 0) is 4.74 Å². The Balaban J connectivity index is 2.43. The van der Waals surface area contributed by atoms with Crippen molar-refractivity contribution in [2.75, 3.05) is 20.8 Å². The molecule has 1 aromatic carbocycles. The van der Waals surface area contributed by atoms with E-state index in [0.717, 1.165) is 17.8 Å². The molecule has 0 saturated heterocycles. The lowest BCUT2D eigenvalue weighted by Crippen LogP contribution is -2.08. The van der Waals surface area contributed by atoms with Crippen molar-refractivity contribution >= 4 is 23.8 Å². The average molecular weight is 358 g/mol. The number of esters is 1. The van der Waals surface area contributed by atoms with E-state index in [2.05, 4.69) is 4.98 Å². The van der Waals surface area contributed by atoms with Crippen LogP contribution in [0.1, 0.15) is 28.5 Å². The van der Waals surface area contributed by atoms with Gasteiger partial charge in [0.05, 0.1) is 37.0 Å². The molecule has 1 aromatic heterocycles. The number of methoxy groups -OCH3 is 2. The van der Waals surface area contributed by atoms with E-state index < -0.39 is 10.9 Å².